The zero-order valence-corrected chi connectivity index (χ0v) is 15.0. The molecule has 7 nitrogen and oxygen atoms in total. The van der Waals surface area contributed by atoms with Crippen LogP contribution in [0.3, 0.4) is 0 Å². The highest BCUT2D eigenvalue weighted by Crippen LogP contribution is 2.39. The van der Waals surface area contributed by atoms with Gasteiger partial charge in [-0.25, -0.2) is 0 Å². The molecule has 1 aromatic carbocycles. The molecule has 0 bridgehead atoms. The van der Waals surface area contributed by atoms with Crippen molar-refractivity contribution >= 4 is 5.91 Å². The molecule has 0 fully saturated rings. The summed E-state index contributed by atoms with van der Waals surface area (Å²) in [5.74, 6) is 0.690. The lowest BCUT2D eigenvalue weighted by molar-refractivity contribution is 0.0947. The Kier molecular flexibility index (Phi) is 5.69. The summed E-state index contributed by atoms with van der Waals surface area (Å²) >= 11 is 0. The number of methoxy groups -OCH3 is 3. The Hall–Kier alpha value is -2.96. The van der Waals surface area contributed by atoms with E-state index in [0.717, 1.165) is 11.3 Å². The first-order valence-electron chi connectivity index (χ1n) is 7.69. The molecule has 0 aliphatic carbocycles. The second-order valence-electron chi connectivity index (χ2n) is 5.51. The van der Waals surface area contributed by atoms with E-state index in [0.29, 0.717) is 22.6 Å². The normalized spacial score (nSPS) is 10.3. The second-order valence-corrected chi connectivity index (χ2v) is 5.51. The van der Waals surface area contributed by atoms with Gasteiger partial charge in [0, 0.05) is 17.8 Å². The Morgan fingerprint density at radius 3 is 2.32 bits per heavy atom. The Morgan fingerprint density at radius 1 is 1.08 bits per heavy atom. The van der Waals surface area contributed by atoms with E-state index in [-0.39, 0.29) is 23.8 Å². The molecule has 2 aromatic rings. The van der Waals surface area contributed by atoms with E-state index >= 15 is 0 Å². The van der Waals surface area contributed by atoms with Gasteiger partial charge in [0.25, 0.3) is 11.5 Å². The maximum absolute atomic E-state index is 12.6. The predicted octanol–water partition coefficient (Wildman–Crippen LogP) is 1.95. The molecule has 0 saturated carbocycles. The van der Waals surface area contributed by atoms with Gasteiger partial charge in [0.1, 0.15) is 0 Å². The first-order chi connectivity index (χ1) is 11.9. The van der Waals surface area contributed by atoms with Crippen LogP contribution in [0.2, 0.25) is 0 Å². The summed E-state index contributed by atoms with van der Waals surface area (Å²) in [6.07, 6.45) is 0. The summed E-state index contributed by atoms with van der Waals surface area (Å²) in [4.78, 5) is 27.3. The Bertz CT molecular complexity index is 842. The van der Waals surface area contributed by atoms with Crippen LogP contribution in [-0.4, -0.2) is 32.2 Å². The third-order valence-corrected chi connectivity index (χ3v) is 3.87. The lowest BCUT2D eigenvalue weighted by Crippen LogP contribution is -2.28. The van der Waals surface area contributed by atoms with Crippen LogP contribution in [0.5, 0.6) is 17.2 Å². The van der Waals surface area contributed by atoms with E-state index < -0.39 is 0 Å². The number of pyridine rings is 1. The minimum Gasteiger partial charge on any atom is -0.493 e. The van der Waals surface area contributed by atoms with Crippen LogP contribution >= 0.6 is 0 Å². The van der Waals surface area contributed by atoms with E-state index in [9.17, 15) is 9.59 Å². The molecule has 25 heavy (non-hydrogen) atoms. The zero-order valence-electron chi connectivity index (χ0n) is 15.0. The van der Waals surface area contributed by atoms with Gasteiger partial charge >= 0.3 is 0 Å². The number of aromatic nitrogens is 1. The number of aromatic amines is 1. The van der Waals surface area contributed by atoms with E-state index in [4.69, 9.17) is 14.2 Å². The highest BCUT2D eigenvalue weighted by Gasteiger charge is 2.20. The minimum absolute atomic E-state index is 0.109. The van der Waals surface area contributed by atoms with Gasteiger partial charge in [0.15, 0.2) is 11.5 Å². The van der Waals surface area contributed by atoms with Crippen LogP contribution in [0, 0.1) is 13.8 Å². The van der Waals surface area contributed by atoms with Gasteiger partial charge in [-0.1, -0.05) is 0 Å². The first kappa shape index (κ1) is 18.4. The maximum Gasteiger partial charge on any atom is 0.255 e. The number of carbonyl (C=O) groups is 1. The van der Waals surface area contributed by atoms with Crippen molar-refractivity contribution < 1.29 is 19.0 Å². The molecule has 0 spiro atoms. The Morgan fingerprint density at radius 2 is 1.76 bits per heavy atom. The van der Waals surface area contributed by atoms with Crippen molar-refractivity contribution in [1.82, 2.24) is 10.3 Å². The van der Waals surface area contributed by atoms with Crippen molar-refractivity contribution in [2.75, 3.05) is 21.3 Å². The van der Waals surface area contributed by atoms with Crippen LogP contribution < -0.4 is 25.1 Å². The smallest absolute Gasteiger partial charge is 0.255 e. The number of rotatable bonds is 6. The number of hydrogen-bond acceptors (Lipinski definition) is 5. The molecule has 7 heteroatoms. The van der Waals surface area contributed by atoms with E-state index in [2.05, 4.69) is 10.3 Å². The van der Waals surface area contributed by atoms with Gasteiger partial charge < -0.3 is 24.5 Å². The number of benzene rings is 1. The van der Waals surface area contributed by atoms with E-state index in [1.807, 2.05) is 19.9 Å². The first-order valence-corrected chi connectivity index (χ1v) is 7.69. The largest absolute Gasteiger partial charge is 0.493 e. The average molecular weight is 346 g/mol. The summed E-state index contributed by atoms with van der Waals surface area (Å²) in [5, 5.41) is 2.74. The molecule has 2 N–H and O–H groups in total. The van der Waals surface area contributed by atoms with Gasteiger partial charge in [-0.05, 0) is 37.6 Å². The third-order valence-electron chi connectivity index (χ3n) is 3.87. The van der Waals surface area contributed by atoms with Crippen LogP contribution in [-0.2, 0) is 6.54 Å². The SMILES string of the molecule is COc1ccc(C(=O)NCc2c(C)cc(C)[nH]c2=O)c(OC)c1OC. The summed E-state index contributed by atoms with van der Waals surface area (Å²) in [5.41, 5.74) is 2.19. The summed E-state index contributed by atoms with van der Waals surface area (Å²) in [6, 6.07) is 5.07. The van der Waals surface area contributed by atoms with Crippen molar-refractivity contribution in [1.29, 1.82) is 0 Å². The molecule has 0 radical (unpaired) electrons. The molecular formula is C18H22N2O5. The number of carbonyl (C=O) groups excluding carboxylic acids is 1. The van der Waals surface area contributed by atoms with Gasteiger partial charge in [-0.15, -0.1) is 0 Å². The molecule has 1 amide bonds. The van der Waals surface area contributed by atoms with Crippen molar-refractivity contribution in [3.05, 3.63) is 50.9 Å². The Labute approximate surface area is 145 Å². The summed E-state index contributed by atoms with van der Waals surface area (Å²) in [7, 11) is 4.42. The van der Waals surface area contributed by atoms with Crippen LogP contribution in [0.4, 0.5) is 0 Å². The molecule has 2 rings (SSSR count). The van der Waals surface area contributed by atoms with Crippen LogP contribution in [0.25, 0.3) is 0 Å². The average Bonchev–Trinajstić information content (AvgIpc) is 2.58. The lowest BCUT2D eigenvalue weighted by Gasteiger charge is -2.15. The van der Waals surface area contributed by atoms with E-state index in [1.165, 1.54) is 21.3 Å². The molecule has 0 saturated heterocycles. The molecule has 1 heterocycles. The van der Waals surface area contributed by atoms with Crippen LogP contribution in [0.1, 0.15) is 27.2 Å². The standard InChI is InChI=1S/C18H22N2O5/c1-10-8-11(2)20-18(22)13(10)9-19-17(21)12-6-7-14(23-3)16(25-5)15(12)24-4/h6-8H,9H2,1-5H3,(H,19,21)(H,20,22). The lowest BCUT2D eigenvalue weighted by atomic mass is 10.1. The minimum atomic E-state index is -0.378. The van der Waals surface area contributed by atoms with Crippen molar-refractivity contribution in [3.8, 4) is 17.2 Å². The highest BCUT2D eigenvalue weighted by molar-refractivity contribution is 5.98. The highest BCUT2D eigenvalue weighted by atomic mass is 16.5. The molecule has 134 valence electrons. The fourth-order valence-electron chi connectivity index (χ4n) is 2.65. The summed E-state index contributed by atoms with van der Waals surface area (Å²) in [6.45, 7) is 3.75. The quantitative estimate of drug-likeness (QED) is 0.834. The number of aryl methyl sites for hydroxylation is 2. The number of nitrogens with one attached hydrogen (secondary N) is 2. The molecule has 1 aromatic heterocycles. The monoisotopic (exact) mass is 346 g/mol. The Balaban J connectivity index is 2.29. The molecule has 0 aliphatic heterocycles. The molecule has 0 aliphatic rings. The zero-order chi connectivity index (χ0) is 18.6. The van der Waals surface area contributed by atoms with Crippen molar-refractivity contribution in [2.24, 2.45) is 0 Å². The van der Waals surface area contributed by atoms with Gasteiger partial charge in [0.2, 0.25) is 5.75 Å². The molecule has 0 unspecified atom stereocenters. The number of ether oxygens (including phenoxy) is 3. The maximum atomic E-state index is 12.6. The van der Waals surface area contributed by atoms with E-state index in [1.54, 1.807) is 12.1 Å². The fourth-order valence-corrected chi connectivity index (χ4v) is 2.65. The topological polar surface area (TPSA) is 89.7 Å². The third kappa shape index (κ3) is 3.76. The fraction of sp³-hybridized carbons (Fsp3) is 0.333. The number of H-pyrrole nitrogens is 1. The molecule has 0 atom stereocenters. The van der Waals surface area contributed by atoms with Gasteiger partial charge in [0.05, 0.1) is 26.9 Å². The number of amides is 1. The summed E-state index contributed by atoms with van der Waals surface area (Å²) < 4.78 is 15.8. The van der Waals surface area contributed by atoms with Gasteiger partial charge in [-0.2, -0.15) is 0 Å². The van der Waals surface area contributed by atoms with Gasteiger partial charge in [-0.3, -0.25) is 9.59 Å². The number of hydrogen-bond donors (Lipinski definition) is 2. The van der Waals surface area contributed by atoms with Crippen molar-refractivity contribution in [2.45, 2.75) is 20.4 Å². The van der Waals surface area contributed by atoms with Crippen molar-refractivity contribution in [3.63, 3.8) is 0 Å². The van der Waals surface area contributed by atoms with Crippen LogP contribution in [0.15, 0.2) is 23.0 Å². The second kappa shape index (κ2) is 7.74. The predicted molar refractivity (Wildman–Crippen MR) is 93.8 cm³/mol. The molecular weight excluding hydrogens is 324 g/mol.